The van der Waals surface area contributed by atoms with Crippen molar-refractivity contribution < 1.29 is 18.0 Å². The fourth-order valence-electron chi connectivity index (χ4n) is 3.65. The molecule has 1 aliphatic rings. The molecular formula is C20H21F3N4OS. The van der Waals surface area contributed by atoms with Gasteiger partial charge in [-0.1, -0.05) is 24.6 Å². The van der Waals surface area contributed by atoms with Gasteiger partial charge in [0, 0.05) is 17.9 Å². The van der Waals surface area contributed by atoms with E-state index in [-0.39, 0.29) is 17.7 Å². The highest BCUT2D eigenvalue weighted by atomic mass is 32.2. The fourth-order valence-corrected chi connectivity index (χ4v) is 4.29. The second-order valence-corrected chi connectivity index (χ2v) is 8.07. The zero-order chi connectivity index (χ0) is 21.2. The number of aromatic nitrogens is 2. The van der Waals surface area contributed by atoms with Gasteiger partial charge in [0.2, 0.25) is 5.91 Å². The van der Waals surface area contributed by atoms with Gasteiger partial charge in [-0.3, -0.25) is 4.79 Å². The van der Waals surface area contributed by atoms with Crippen molar-refractivity contribution in [1.29, 1.82) is 5.26 Å². The van der Waals surface area contributed by atoms with E-state index in [1.54, 1.807) is 0 Å². The maximum atomic E-state index is 12.6. The van der Waals surface area contributed by atoms with Gasteiger partial charge in [-0.15, -0.1) is 0 Å². The number of amides is 1. The van der Waals surface area contributed by atoms with Gasteiger partial charge in [0.05, 0.1) is 21.9 Å². The molecule has 9 heteroatoms. The zero-order valence-corrected chi connectivity index (χ0v) is 17.0. The summed E-state index contributed by atoms with van der Waals surface area (Å²) in [7, 11) is 0. The number of nitriles is 1. The average Bonchev–Trinajstić information content (AvgIpc) is 3.27. The van der Waals surface area contributed by atoms with Crippen molar-refractivity contribution in [3.63, 3.8) is 0 Å². The molecule has 0 unspecified atom stereocenters. The molecule has 2 aromatic heterocycles. The number of carbonyl (C=O) groups is 1. The van der Waals surface area contributed by atoms with Crippen LogP contribution in [0.5, 0.6) is 0 Å². The molecule has 1 fully saturated rings. The second-order valence-electron chi connectivity index (χ2n) is 7.07. The Morgan fingerprint density at radius 2 is 2.03 bits per heavy atom. The first kappa shape index (κ1) is 21.2. The Balaban J connectivity index is 1.72. The Morgan fingerprint density at radius 1 is 1.34 bits per heavy atom. The molecule has 154 valence electrons. The number of nitrogens with zero attached hydrogens (tertiary/aromatic N) is 3. The molecule has 1 N–H and O–H groups in total. The van der Waals surface area contributed by atoms with E-state index in [1.165, 1.54) is 6.07 Å². The third-order valence-corrected chi connectivity index (χ3v) is 6.17. The average molecular weight is 422 g/mol. The molecule has 5 nitrogen and oxygen atoms in total. The SMILES string of the molecule is Cc1c(C#N)c(NC(=O)CSc2ccc(C(F)(F)F)cn2)n(C2CCCC2)c1C. The van der Waals surface area contributed by atoms with Gasteiger partial charge in [0.1, 0.15) is 11.9 Å². The lowest BCUT2D eigenvalue weighted by molar-refractivity contribution is -0.137. The summed E-state index contributed by atoms with van der Waals surface area (Å²) in [5.41, 5.74) is 1.46. The molecule has 0 atom stereocenters. The van der Waals surface area contributed by atoms with E-state index in [0.717, 1.165) is 61.0 Å². The summed E-state index contributed by atoms with van der Waals surface area (Å²) < 4.78 is 39.9. The molecule has 0 saturated heterocycles. The van der Waals surface area contributed by atoms with Crippen molar-refractivity contribution in [3.05, 3.63) is 40.7 Å². The molecular weight excluding hydrogens is 401 g/mol. The van der Waals surface area contributed by atoms with Crippen LogP contribution in [0.4, 0.5) is 19.0 Å². The van der Waals surface area contributed by atoms with Gasteiger partial charge in [-0.05, 0) is 44.4 Å². The first-order valence-electron chi connectivity index (χ1n) is 9.29. The number of rotatable bonds is 5. The molecule has 29 heavy (non-hydrogen) atoms. The topological polar surface area (TPSA) is 70.7 Å². The van der Waals surface area contributed by atoms with E-state index in [2.05, 4.69) is 20.9 Å². The van der Waals surface area contributed by atoms with Gasteiger partial charge in [-0.2, -0.15) is 18.4 Å². The molecule has 0 radical (unpaired) electrons. The first-order valence-corrected chi connectivity index (χ1v) is 10.3. The van der Waals surface area contributed by atoms with Gasteiger partial charge < -0.3 is 9.88 Å². The number of hydrogen-bond acceptors (Lipinski definition) is 4. The summed E-state index contributed by atoms with van der Waals surface area (Å²) in [5, 5.41) is 12.7. The third-order valence-electron chi connectivity index (χ3n) is 5.23. The lowest BCUT2D eigenvalue weighted by Gasteiger charge is -2.19. The minimum absolute atomic E-state index is 0.0167. The number of pyridine rings is 1. The molecule has 1 aliphatic carbocycles. The summed E-state index contributed by atoms with van der Waals surface area (Å²) in [6, 6.07) is 4.64. The minimum Gasteiger partial charge on any atom is -0.327 e. The predicted octanol–water partition coefficient (Wildman–Crippen LogP) is 5.24. The number of carbonyl (C=O) groups excluding carboxylic acids is 1. The predicted molar refractivity (Wildman–Crippen MR) is 105 cm³/mol. The molecule has 3 rings (SSSR count). The normalized spacial score (nSPS) is 14.8. The summed E-state index contributed by atoms with van der Waals surface area (Å²) in [6.45, 7) is 3.82. The van der Waals surface area contributed by atoms with Crippen LogP contribution < -0.4 is 5.32 Å². The lowest BCUT2D eigenvalue weighted by Crippen LogP contribution is -2.19. The van der Waals surface area contributed by atoms with Crippen LogP contribution in [0.2, 0.25) is 0 Å². The van der Waals surface area contributed by atoms with Crippen molar-refractivity contribution in [3.8, 4) is 6.07 Å². The van der Waals surface area contributed by atoms with E-state index < -0.39 is 11.7 Å². The number of alkyl halides is 3. The van der Waals surface area contributed by atoms with E-state index in [4.69, 9.17) is 0 Å². The first-order chi connectivity index (χ1) is 13.7. The zero-order valence-electron chi connectivity index (χ0n) is 16.1. The summed E-state index contributed by atoms with van der Waals surface area (Å²) in [5.74, 6) is 0.169. The third kappa shape index (κ3) is 4.58. The van der Waals surface area contributed by atoms with Crippen molar-refractivity contribution >= 4 is 23.5 Å². The van der Waals surface area contributed by atoms with E-state index >= 15 is 0 Å². The highest BCUT2D eigenvalue weighted by Gasteiger charge is 2.31. The van der Waals surface area contributed by atoms with Crippen LogP contribution in [-0.4, -0.2) is 21.2 Å². The molecule has 2 heterocycles. The summed E-state index contributed by atoms with van der Waals surface area (Å²) >= 11 is 1.05. The van der Waals surface area contributed by atoms with Crippen molar-refractivity contribution in [2.75, 3.05) is 11.1 Å². The van der Waals surface area contributed by atoms with Crippen molar-refractivity contribution in [2.24, 2.45) is 0 Å². The summed E-state index contributed by atoms with van der Waals surface area (Å²) in [4.78, 5) is 16.3. The van der Waals surface area contributed by atoms with Crippen molar-refractivity contribution in [1.82, 2.24) is 9.55 Å². The summed E-state index contributed by atoms with van der Waals surface area (Å²) in [6.07, 6.45) is 0.562. The molecule has 0 aromatic carbocycles. The molecule has 0 aliphatic heterocycles. The molecule has 2 aromatic rings. The largest absolute Gasteiger partial charge is 0.417 e. The molecule has 0 bridgehead atoms. The Bertz CT molecular complexity index is 939. The van der Waals surface area contributed by atoms with Gasteiger partial charge in [0.25, 0.3) is 0 Å². The monoisotopic (exact) mass is 422 g/mol. The number of halogens is 3. The number of anilines is 1. The highest BCUT2D eigenvalue weighted by Crippen LogP contribution is 2.38. The molecule has 0 spiro atoms. The molecule has 1 saturated carbocycles. The van der Waals surface area contributed by atoms with Crippen LogP contribution in [0.25, 0.3) is 0 Å². The fraction of sp³-hybridized carbons (Fsp3) is 0.450. The van der Waals surface area contributed by atoms with Crippen LogP contribution in [0.1, 0.15) is 54.1 Å². The van der Waals surface area contributed by atoms with Crippen LogP contribution in [0.3, 0.4) is 0 Å². The van der Waals surface area contributed by atoms with Crippen LogP contribution in [0.15, 0.2) is 23.4 Å². The maximum absolute atomic E-state index is 12.6. The quantitative estimate of drug-likeness (QED) is 0.670. The van der Waals surface area contributed by atoms with Gasteiger partial charge >= 0.3 is 6.18 Å². The molecule has 1 amide bonds. The van der Waals surface area contributed by atoms with E-state index in [9.17, 15) is 23.2 Å². The minimum atomic E-state index is -4.44. The Labute approximate surface area is 171 Å². The highest BCUT2D eigenvalue weighted by molar-refractivity contribution is 7.99. The number of hydrogen-bond donors (Lipinski definition) is 1. The van der Waals surface area contributed by atoms with Gasteiger partial charge in [-0.25, -0.2) is 4.98 Å². The number of nitrogens with one attached hydrogen (secondary N) is 1. The van der Waals surface area contributed by atoms with E-state index in [1.807, 2.05) is 13.8 Å². The van der Waals surface area contributed by atoms with Crippen LogP contribution in [-0.2, 0) is 11.0 Å². The number of thioether (sulfide) groups is 1. The maximum Gasteiger partial charge on any atom is 0.417 e. The lowest BCUT2D eigenvalue weighted by atomic mass is 10.2. The van der Waals surface area contributed by atoms with Crippen LogP contribution in [0, 0.1) is 25.2 Å². The second kappa shape index (κ2) is 8.49. The van der Waals surface area contributed by atoms with Crippen molar-refractivity contribution in [2.45, 2.75) is 56.8 Å². The Kier molecular flexibility index (Phi) is 6.22. The Morgan fingerprint density at radius 3 is 2.59 bits per heavy atom. The smallest absolute Gasteiger partial charge is 0.327 e. The standard InChI is InChI=1S/C20H21F3N4OS/c1-12-13(2)27(15-5-3-4-6-15)19(16(12)9-24)26-17(28)11-29-18-8-7-14(10-25-18)20(21,22)23/h7-8,10,15H,3-6,11H2,1-2H3,(H,26,28). The van der Waals surface area contributed by atoms with Gasteiger partial charge in [0.15, 0.2) is 0 Å². The van der Waals surface area contributed by atoms with E-state index in [0.29, 0.717) is 16.4 Å². The Hall–Kier alpha value is -2.47. The van der Waals surface area contributed by atoms with Crippen LogP contribution >= 0.6 is 11.8 Å².